The van der Waals surface area contributed by atoms with Gasteiger partial charge in [0.2, 0.25) is 0 Å². The van der Waals surface area contributed by atoms with Gasteiger partial charge in [0.05, 0.1) is 24.7 Å². The van der Waals surface area contributed by atoms with Crippen LogP contribution in [0.25, 0.3) is 11.0 Å². The third kappa shape index (κ3) is 3.62. The molecule has 0 bridgehead atoms. The SMILES string of the molecule is COC(=O)N1CCc2ccc3c(nc(C4CCCCC4)n3[C@@H]3CCc4ccccc4C3)c2C1. The highest BCUT2D eigenvalue weighted by Crippen LogP contribution is 2.40. The van der Waals surface area contributed by atoms with E-state index in [2.05, 4.69) is 41.0 Å². The summed E-state index contributed by atoms with van der Waals surface area (Å²) in [6.07, 6.45) is 10.4. The lowest BCUT2D eigenvalue weighted by molar-refractivity contribution is 0.119. The molecule has 1 amide bonds. The molecule has 0 spiro atoms. The highest BCUT2D eigenvalue weighted by Gasteiger charge is 2.31. The van der Waals surface area contributed by atoms with Gasteiger partial charge in [-0.3, -0.25) is 0 Å². The molecule has 1 saturated carbocycles. The van der Waals surface area contributed by atoms with Crippen LogP contribution in [-0.4, -0.2) is 34.2 Å². The quantitative estimate of drug-likeness (QED) is 0.493. The summed E-state index contributed by atoms with van der Waals surface area (Å²) in [7, 11) is 1.47. The Labute approximate surface area is 195 Å². The summed E-state index contributed by atoms with van der Waals surface area (Å²) in [6, 6.07) is 14.0. The van der Waals surface area contributed by atoms with Crippen molar-refractivity contribution >= 4 is 17.1 Å². The summed E-state index contributed by atoms with van der Waals surface area (Å²) in [6.45, 7) is 1.30. The predicted octanol–water partition coefficient (Wildman–Crippen LogP) is 5.94. The molecular weight excluding hydrogens is 410 g/mol. The van der Waals surface area contributed by atoms with Crippen molar-refractivity contribution in [3.63, 3.8) is 0 Å². The number of fused-ring (bicyclic) bond motifs is 4. The molecule has 1 aliphatic heterocycles. The van der Waals surface area contributed by atoms with Gasteiger partial charge in [0.15, 0.2) is 0 Å². The minimum absolute atomic E-state index is 0.242. The first-order valence-electron chi connectivity index (χ1n) is 12.6. The molecule has 5 heteroatoms. The Hall–Kier alpha value is -2.82. The van der Waals surface area contributed by atoms with E-state index in [1.54, 1.807) is 0 Å². The van der Waals surface area contributed by atoms with Crippen LogP contribution in [0.5, 0.6) is 0 Å². The van der Waals surface area contributed by atoms with Crippen LogP contribution in [0.1, 0.15) is 78.6 Å². The van der Waals surface area contributed by atoms with Crippen LogP contribution in [0.2, 0.25) is 0 Å². The summed E-state index contributed by atoms with van der Waals surface area (Å²) in [5.74, 6) is 1.83. The van der Waals surface area contributed by atoms with Gasteiger partial charge in [-0.25, -0.2) is 9.78 Å². The van der Waals surface area contributed by atoms with Crippen molar-refractivity contribution in [2.45, 2.75) is 76.3 Å². The standard InChI is InChI=1S/C28H33N3O2/c1-33-28(32)30-16-15-20-12-14-25-26(24(20)18-30)29-27(21-8-3-2-4-9-21)31(25)23-13-11-19-7-5-6-10-22(19)17-23/h5-7,10,12,14,21,23H,2-4,8-9,11,13,15-18H2,1H3/t23-/m1/s1. The van der Waals surface area contributed by atoms with Crippen molar-refractivity contribution < 1.29 is 9.53 Å². The average Bonchev–Trinajstić information content (AvgIpc) is 3.28. The molecule has 5 nitrogen and oxygen atoms in total. The van der Waals surface area contributed by atoms with Gasteiger partial charge < -0.3 is 14.2 Å². The molecule has 3 aliphatic rings. The van der Waals surface area contributed by atoms with Crippen LogP contribution >= 0.6 is 0 Å². The number of imidazole rings is 1. The van der Waals surface area contributed by atoms with E-state index in [0.29, 0.717) is 25.0 Å². The minimum Gasteiger partial charge on any atom is -0.453 e. The number of amides is 1. The van der Waals surface area contributed by atoms with E-state index in [9.17, 15) is 4.79 Å². The molecule has 2 heterocycles. The van der Waals surface area contributed by atoms with Crippen molar-refractivity contribution in [1.29, 1.82) is 0 Å². The zero-order valence-corrected chi connectivity index (χ0v) is 19.6. The molecule has 0 radical (unpaired) electrons. The molecule has 33 heavy (non-hydrogen) atoms. The first kappa shape index (κ1) is 20.8. The van der Waals surface area contributed by atoms with E-state index in [1.807, 2.05) is 4.90 Å². The Morgan fingerprint density at radius 2 is 1.79 bits per heavy atom. The smallest absolute Gasteiger partial charge is 0.409 e. The maximum absolute atomic E-state index is 12.3. The predicted molar refractivity (Wildman–Crippen MR) is 130 cm³/mol. The second-order valence-electron chi connectivity index (χ2n) is 10.1. The highest BCUT2D eigenvalue weighted by molar-refractivity contribution is 5.82. The van der Waals surface area contributed by atoms with E-state index in [4.69, 9.17) is 9.72 Å². The maximum atomic E-state index is 12.3. The minimum atomic E-state index is -0.242. The van der Waals surface area contributed by atoms with E-state index in [-0.39, 0.29) is 6.09 Å². The topological polar surface area (TPSA) is 47.4 Å². The zero-order valence-electron chi connectivity index (χ0n) is 19.6. The van der Waals surface area contributed by atoms with Crippen LogP contribution in [-0.2, 0) is 30.5 Å². The molecule has 0 saturated heterocycles. The van der Waals surface area contributed by atoms with Crippen molar-refractivity contribution in [1.82, 2.24) is 14.5 Å². The summed E-state index contributed by atoms with van der Waals surface area (Å²) in [4.78, 5) is 19.5. The Balaban J connectivity index is 1.47. The number of benzene rings is 2. The van der Waals surface area contributed by atoms with Crippen molar-refractivity contribution in [3.05, 3.63) is 64.5 Å². The largest absolute Gasteiger partial charge is 0.453 e. The third-order valence-corrected chi connectivity index (χ3v) is 8.18. The van der Waals surface area contributed by atoms with Gasteiger partial charge in [0.1, 0.15) is 5.82 Å². The monoisotopic (exact) mass is 443 g/mol. The van der Waals surface area contributed by atoms with Crippen molar-refractivity contribution in [2.24, 2.45) is 0 Å². The van der Waals surface area contributed by atoms with E-state index in [0.717, 1.165) is 31.2 Å². The summed E-state index contributed by atoms with van der Waals surface area (Å²) in [5, 5.41) is 0. The van der Waals surface area contributed by atoms with Crippen molar-refractivity contribution in [2.75, 3.05) is 13.7 Å². The molecule has 3 aromatic rings. The fraction of sp³-hybridized carbons (Fsp3) is 0.500. The number of aromatic nitrogens is 2. The number of hydrogen-bond acceptors (Lipinski definition) is 3. The summed E-state index contributed by atoms with van der Waals surface area (Å²) in [5.41, 5.74) is 7.90. The lowest BCUT2D eigenvalue weighted by Crippen LogP contribution is -2.35. The lowest BCUT2D eigenvalue weighted by atomic mass is 9.86. The van der Waals surface area contributed by atoms with Gasteiger partial charge in [0, 0.05) is 24.1 Å². The van der Waals surface area contributed by atoms with Crippen LogP contribution in [0.4, 0.5) is 4.79 Å². The van der Waals surface area contributed by atoms with Gasteiger partial charge in [-0.1, -0.05) is 49.6 Å². The number of aryl methyl sites for hydroxylation is 1. The number of methoxy groups -OCH3 is 1. The molecule has 1 atom stereocenters. The van der Waals surface area contributed by atoms with Gasteiger partial charge in [-0.05, 0) is 61.3 Å². The molecule has 0 N–H and O–H groups in total. The van der Waals surface area contributed by atoms with Crippen LogP contribution in [0.15, 0.2) is 36.4 Å². The van der Waals surface area contributed by atoms with Gasteiger partial charge in [0.25, 0.3) is 0 Å². The Kier molecular flexibility index (Phi) is 5.35. The number of rotatable bonds is 2. The lowest BCUT2D eigenvalue weighted by Gasteiger charge is -2.31. The molecule has 1 aromatic heterocycles. The highest BCUT2D eigenvalue weighted by atomic mass is 16.5. The molecular formula is C28H33N3O2. The molecule has 0 unspecified atom stereocenters. The molecule has 172 valence electrons. The van der Waals surface area contributed by atoms with E-state index < -0.39 is 0 Å². The summed E-state index contributed by atoms with van der Waals surface area (Å²) < 4.78 is 7.64. The zero-order chi connectivity index (χ0) is 22.4. The molecule has 1 fully saturated rings. The molecule has 6 rings (SSSR count). The Morgan fingerprint density at radius 1 is 0.970 bits per heavy atom. The number of nitrogens with zero attached hydrogens (tertiary/aromatic N) is 3. The fourth-order valence-electron chi connectivity index (χ4n) is 6.43. The van der Waals surface area contributed by atoms with Gasteiger partial charge >= 0.3 is 6.09 Å². The average molecular weight is 444 g/mol. The van der Waals surface area contributed by atoms with Crippen LogP contribution in [0.3, 0.4) is 0 Å². The first-order chi connectivity index (χ1) is 16.2. The van der Waals surface area contributed by atoms with Gasteiger partial charge in [-0.15, -0.1) is 0 Å². The maximum Gasteiger partial charge on any atom is 0.409 e. The first-order valence-corrected chi connectivity index (χ1v) is 12.6. The Bertz CT molecular complexity index is 1190. The third-order valence-electron chi connectivity index (χ3n) is 8.18. The fourth-order valence-corrected chi connectivity index (χ4v) is 6.43. The number of carbonyl (C=O) groups excluding carboxylic acids is 1. The normalized spacial score (nSPS) is 21.0. The number of hydrogen-bond donors (Lipinski definition) is 0. The second kappa shape index (κ2) is 8.51. The van der Waals surface area contributed by atoms with E-state index >= 15 is 0 Å². The Morgan fingerprint density at radius 3 is 2.61 bits per heavy atom. The number of ether oxygens (including phenoxy) is 1. The van der Waals surface area contributed by atoms with Crippen LogP contribution < -0.4 is 0 Å². The molecule has 2 aromatic carbocycles. The van der Waals surface area contributed by atoms with Crippen molar-refractivity contribution in [3.8, 4) is 0 Å². The molecule has 2 aliphatic carbocycles. The van der Waals surface area contributed by atoms with Gasteiger partial charge in [-0.2, -0.15) is 0 Å². The van der Waals surface area contributed by atoms with E-state index in [1.165, 1.54) is 72.8 Å². The second-order valence-corrected chi connectivity index (χ2v) is 10.1. The summed E-state index contributed by atoms with van der Waals surface area (Å²) >= 11 is 0. The number of carbonyl (C=O) groups is 1. The van der Waals surface area contributed by atoms with Crippen LogP contribution in [0, 0.1) is 0 Å².